The number of benzene rings is 2. The van der Waals surface area contributed by atoms with Gasteiger partial charge in [0.05, 0.1) is 5.71 Å². The van der Waals surface area contributed by atoms with Crippen LogP contribution >= 0.6 is 0 Å². The van der Waals surface area contributed by atoms with Gasteiger partial charge in [0.25, 0.3) is 5.91 Å². The van der Waals surface area contributed by atoms with Crippen molar-refractivity contribution >= 4 is 17.5 Å². The molecule has 0 aliphatic carbocycles. The first-order valence-corrected chi connectivity index (χ1v) is 10.1. The Morgan fingerprint density at radius 1 is 1.10 bits per heavy atom. The van der Waals surface area contributed by atoms with E-state index in [1.54, 1.807) is 0 Å². The molecule has 2 N–H and O–H groups in total. The van der Waals surface area contributed by atoms with Crippen molar-refractivity contribution in [3.8, 4) is 0 Å². The Bertz CT molecular complexity index is 869. The third-order valence-electron chi connectivity index (χ3n) is 4.84. The molecule has 1 heterocycles. The van der Waals surface area contributed by atoms with Crippen molar-refractivity contribution in [2.75, 3.05) is 27.2 Å². The third-order valence-corrected chi connectivity index (χ3v) is 4.84. The summed E-state index contributed by atoms with van der Waals surface area (Å²) in [5, 5.41) is 9.82. The van der Waals surface area contributed by atoms with Crippen molar-refractivity contribution < 1.29 is 14.4 Å². The Morgan fingerprint density at radius 2 is 1.77 bits per heavy atom. The largest absolute Gasteiger partial charge is 0.382 e. The van der Waals surface area contributed by atoms with Gasteiger partial charge in [-0.15, -0.1) is 0 Å². The maximum absolute atomic E-state index is 12.8. The predicted molar refractivity (Wildman–Crippen MR) is 116 cm³/mol. The van der Waals surface area contributed by atoms with Gasteiger partial charge in [0.1, 0.15) is 6.04 Å². The van der Waals surface area contributed by atoms with Gasteiger partial charge in [-0.2, -0.15) is 0 Å². The topological polar surface area (TPSA) is 83.0 Å². The highest BCUT2D eigenvalue weighted by Crippen LogP contribution is 2.17. The molecule has 2 aromatic carbocycles. The molecule has 30 heavy (non-hydrogen) atoms. The second-order valence-corrected chi connectivity index (χ2v) is 7.55. The molecule has 0 saturated heterocycles. The molecule has 158 valence electrons. The molecule has 0 fully saturated rings. The Kier molecular flexibility index (Phi) is 7.57. The maximum Gasteiger partial charge on any atom is 0.265 e. The molecule has 7 heteroatoms. The average molecular weight is 409 g/mol. The van der Waals surface area contributed by atoms with Crippen LogP contribution in [0.25, 0.3) is 0 Å². The minimum Gasteiger partial charge on any atom is -0.382 e. The monoisotopic (exact) mass is 408 g/mol. The summed E-state index contributed by atoms with van der Waals surface area (Å²) in [6, 6.07) is 18.6. The van der Waals surface area contributed by atoms with Crippen LogP contribution in [-0.2, 0) is 20.8 Å². The fourth-order valence-electron chi connectivity index (χ4n) is 3.17. The number of oxime groups is 1. The summed E-state index contributed by atoms with van der Waals surface area (Å²) in [4.78, 5) is 32.9. The molecule has 7 nitrogen and oxygen atoms in total. The number of nitrogens with zero attached hydrogens (tertiary/aromatic N) is 2. The summed E-state index contributed by atoms with van der Waals surface area (Å²) >= 11 is 0. The number of carbonyl (C=O) groups is 2. The first kappa shape index (κ1) is 21.5. The molecule has 0 aromatic heterocycles. The zero-order valence-corrected chi connectivity index (χ0v) is 17.4. The number of hydrogen-bond donors (Lipinski definition) is 2. The van der Waals surface area contributed by atoms with Crippen LogP contribution in [0.4, 0.5) is 0 Å². The van der Waals surface area contributed by atoms with Crippen LogP contribution in [0.2, 0.25) is 0 Å². The van der Waals surface area contributed by atoms with E-state index in [1.807, 2.05) is 79.7 Å². The molecule has 2 amide bonds. The number of amides is 2. The SMILES string of the molecule is CN(C)CCNC(=O)[C@H](Cc1ccccc1)NC(=O)[C@H]1CC(c2ccccc2)=NO1. The summed E-state index contributed by atoms with van der Waals surface area (Å²) in [5.74, 6) is -0.551. The first-order valence-electron chi connectivity index (χ1n) is 10.1. The molecule has 3 rings (SSSR count). The lowest BCUT2D eigenvalue weighted by Gasteiger charge is -2.20. The van der Waals surface area contributed by atoms with E-state index in [-0.39, 0.29) is 11.8 Å². The lowest BCUT2D eigenvalue weighted by atomic mass is 10.0. The number of nitrogens with one attached hydrogen (secondary N) is 2. The molecule has 2 atom stereocenters. The number of likely N-dealkylation sites (N-methyl/N-ethyl adjacent to an activating group) is 1. The highest BCUT2D eigenvalue weighted by molar-refractivity contribution is 6.04. The first-order chi connectivity index (χ1) is 14.5. The molecule has 1 aliphatic heterocycles. The normalized spacial score (nSPS) is 16.5. The van der Waals surface area contributed by atoms with E-state index in [0.29, 0.717) is 19.4 Å². The van der Waals surface area contributed by atoms with E-state index >= 15 is 0 Å². The molecule has 0 unspecified atom stereocenters. The average Bonchev–Trinajstić information content (AvgIpc) is 3.25. The van der Waals surface area contributed by atoms with Gasteiger partial charge in [0.15, 0.2) is 0 Å². The fraction of sp³-hybridized carbons (Fsp3) is 0.348. The summed E-state index contributed by atoms with van der Waals surface area (Å²) in [7, 11) is 3.88. The Balaban J connectivity index is 1.62. The zero-order chi connectivity index (χ0) is 21.3. The van der Waals surface area contributed by atoms with E-state index in [2.05, 4.69) is 15.8 Å². The van der Waals surface area contributed by atoms with E-state index in [0.717, 1.165) is 23.4 Å². The standard InChI is InChI=1S/C23H28N4O3/c1-27(2)14-13-24-22(28)20(15-17-9-5-3-6-10-17)25-23(29)21-16-19(26-30-21)18-11-7-4-8-12-18/h3-12,20-21H,13-16H2,1-2H3,(H,24,28)(H,25,29)/t20-,21+/m0/s1. The Labute approximate surface area is 177 Å². The predicted octanol–water partition coefficient (Wildman–Crippen LogP) is 1.58. The fourth-order valence-corrected chi connectivity index (χ4v) is 3.17. The quantitative estimate of drug-likeness (QED) is 0.660. The molecular weight excluding hydrogens is 380 g/mol. The van der Waals surface area contributed by atoms with Gasteiger partial charge in [-0.3, -0.25) is 9.59 Å². The Hall–Kier alpha value is -3.19. The molecule has 0 bridgehead atoms. The van der Waals surface area contributed by atoms with Gasteiger partial charge in [0.2, 0.25) is 12.0 Å². The van der Waals surface area contributed by atoms with Crippen LogP contribution in [0.1, 0.15) is 17.5 Å². The molecule has 1 aliphatic rings. The van der Waals surface area contributed by atoms with Gasteiger partial charge in [-0.05, 0) is 25.2 Å². The van der Waals surface area contributed by atoms with Crippen molar-refractivity contribution in [2.45, 2.75) is 25.0 Å². The smallest absolute Gasteiger partial charge is 0.265 e. The molecule has 0 saturated carbocycles. The van der Waals surface area contributed by atoms with Crippen molar-refractivity contribution in [1.29, 1.82) is 0 Å². The molecule has 0 radical (unpaired) electrons. The van der Waals surface area contributed by atoms with Gasteiger partial charge in [0, 0.05) is 25.9 Å². The summed E-state index contributed by atoms with van der Waals surface area (Å²) < 4.78 is 0. The van der Waals surface area contributed by atoms with E-state index < -0.39 is 12.1 Å². The van der Waals surface area contributed by atoms with Crippen LogP contribution in [0.5, 0.6) is 0 Å². The van der Waals surface area contributed by atoms with Gasteiger partial charge >= 0.3 is 0 Å². The van der Waals surface area contributed by atoms with Gasteiger partial charge in [-0.25, -0.2) is 0 Å². The van der Waals surface area contributed by atoms with Gasteiger partial charge in [-0.1, -0.05) is 65.8 Å². The van der Waals surface area contributed by atoms with Crippen molar-refractivity contribution in [3.05, 3.63) is 71.8 Å². The Morgan fingerprint density at radius 3 is 2.43 bits per heavy atom. The lowest BCUT2D eigenvalue weighted by Crippen LogP contribution is -2.51. The number of hydrogen-bond acceptors (Lipinski definition) is 5. The zero-order valence-electron chi connectivity index (χ0n) is 17.4. The van der Waals surface area contributed by atoms with Crippen molar-refractivity contribution in [3.63, 3.8) is 0 Å². The van der Waals surface area contributed by atoms with Crippen LogP contribution in [0, 0.1) is 0 Å². The van der Waals surface area contributed by atoms with E-state index in [4.69, 9.17) is 4.84 Å². The maximum atomic E-state index is 12.8. The number of carbonyl (C=O) groups excluding carboxylic acids is 2. The summed E-state index contributed by atoms with van der Waals surface area (Å²) in [6.07, 6.45) is 0.0309. The molecule has 0 spiro atoms. The second-order valence-electron chi connectivity index (χ2n) is 7.55. The number of rotatable bonds is 9. The summed E-state index contributed by atoms with van der Waals surface area (Å²) in [5.41, 5.74) is 2.62. The molecular formula is C23H28N4O3. The molecule has 2 aromatic rings. The minimum atomic E-state index is -0.743. The van der Waals surface area contributed by atoms with Crippen LogP contribution in [-0.4, -0.2) is 61.8 Å². The second kappa shape index (κ2) is 10.5. The van der Waals surface area contributed by atoms with Crippen LogP contribution < -0.4 is 10.6 Å². The highest BCUT2D eigenvalue weighted by Gasteiger charge is 2.32. The van der Waals surface area contributed by atoms with Crippen molar-refractivity contribution in [2.24, 2.45) is 5.16 Å². The highest BCUT2D eigenvalue weighted by atomic mass is 16.6. The summed E-state index contributed by atoms with van der Waals surface area (Å²) in [6.45, 7) is 1.23. The van der Waals surface area contributed by atoms with Gasteiger partial charge < -0.3 is 20.4 Å². The van der Waals surface area contributed by atoms with Crippen LogP contribution in [0.3, 0.4) is 0 Å². The van der Waals surface area contributed by atoms with E-state index in [9.17, 15) is 9.59 Å². The van der Waals surface area contributed by atoms with Crippen LogP contribution in [0.15, 0.2) is 65.8 Å². The van der Waals surface area contributed by atoms with Crippen molar-refractivity contribution in [1.82, 2.24) is 15.5 Å². The third kappa shape index (κ3) is 6.15. The lowest BCUT2D eigenvalue weighted by molar-refractivity contribution is -0.135. The minimum absolute atomic E-state index is 0.212. The van der Waals surface area contributed by atoms with E-state index in [1.165, 1.54) is 0 Å².